The topological polar surface area (TPSA) is 73.6 Å². The van der Waals surface area contributed by atoms with Gasteiger partial charge in [0, 0.05) is 16.0 Å². The van der Waals surface area contributed by atoms with E-state index in [0.29, 0.717) is 42.2 Å². The SMILES string of the molecule is COc1ccc(-c2nc(CNC(=O)C3=CCCC=C3SC)co2)cc1OCC1CC1. The first-order chi connectivity index (χ1) is 14.7. The summed E-state index contributed by atoms with van der Waals surface area (Å²) in [4.78, 5) is 18.1. The van der Waals surface area contributed by atoms with Gasteiger partial charge in [-0.3, -0.25) is 4.79 Å². The summed E-state index contributed by atoms with van der Waals surface area (Å²) in [6, 6.07) is 5.63. The number of thioether (sulfide) groups is 1. The highest BCUT2D eigenvalue weighted by atomic mass is 32.2. The van der Waals surface area contributed by atoms with Crippen LogP contribution in [0.25, 0.3) is 11.5 Å². The van der Waals surface area contributed by atoms with Crippen LogP contribution >= 0.6 is 11.8 Å². The lowest BCUT2D eigenvalue weighted by molar-refractivity contribution is -0.117. The molecule has 0 aliphatic heterocycles. The average molecular weight is 427 g/mol. The molecule has 1 aromatic heterocycles. The predicted octanol–water partition coefficient (Wildman–Crippen LogP) is 4.72. The summed E-state index contributed by atoms with van der Waals surface area (Å²) in [6.45, 7) is 1.01. The van der Waals surface area contributed by atoms with Crippen molar-refractivity contribution in [1.29, 1.82) is 0 Å². The van der Waals surface area contributed by atoms with Crippen molar-refractivity contribution in [2.75, 3.05) is 20.0 Å². The monoisotopic (exact) mass is 426 g/mol. The molecule has 0 bridgehead atoms. The molecule has 7 heteroatoms. The second kappa shape index (κ2) is 9.43. The van der Waals surface area contributed by atoms with E-state index in [-0.39, 0.29) is 5.91 Å². The minimum atomic E-state index is -0.0833. The molecule has 158 valence electrons. The molecule has 0 radical (unpaired) electrons. The van der Waals surface area contributed by atoms with Crippen molar-refractivity contribution in [1.82, 2.24) is 10.3 Å². The lowest BCUT2D eigenvalue weighted by atomic mass is 10.1. The second-order valence-corrected chi connectivity index (χ2v) is 8.26. The molecular formula is C23H26N2O4S. The van der Waals surface area contributed by atoms with Gasteiger partial charge in [-0.05, 0) is 56.1 Å². The maximum Gasteiger partial charge on any atom is 0.252 e. The third kappa shape index (κ3) is 4.90. The summed E-state index contributed by atoms with van der Waals surface area (Å²) in [7, 11) is 1.63. The van der Waals surface area contributed by atoms with Crippen molar-refractivity contribution < 1.29 is 18.7 Å². The highest BCUT2D eigenvalue weighted by molar-refractivity contribution is 8.02. The number of methoxy groups -OCH3 is 1. The van der Waals surface area contributed by atoms with E-state index in [0.717, 1.165) is 28.9 Å². The Morgan fingerprint density at radius 2 is 2.10 bits per heavy atom. The van der Waals surface area contributed by atoms with Gasteiger partial charge in [0.1, 0.15) is 6.26 Å². The molecule has 0 spiro atoms. The lowest BCUT2D eigenvalue weighted by Gasteiger charge is -2.13. The van der Waals surface area contributed by atoms with Crippen LogP contribution in [-0.2, 0) is 11.3 Å². The van der Waals surface area contributed by atoms with Crippen LogP contribution in [0.4, 0.5) is 0 Å². The predicted molar refractivity (Wildman–Crippen MR) is 117 cm³/mol. The minimum absolute atomic E-state index is 0.0833. The van der Waals surface area contributed by atoms with Crippen molar-refractivity contribution in [2.24, 2.45) is 5.92 Å². The largest absolute Gasteiger partial charge is 0.493 e. The third-order valence-corrected chi connectivity index (χ3v) is 5.97. The Morgan fingerprint density at radius 3 is 2.87 bits per heavy atom. The van der Waals surface area contributed by atoms with Gasteiger partial charge in [0.05, 0.1) is 26.0 Å². The molecule has 30 heavy (non-hydrogen) atoms. The van der Waals surface area contributed by atoms with Gasteiger partial charge in [-0.25, -0.2) is 4.98 Å². The number of amides is 1. The summed E-state index contributed by atoms with van der Waals surface area (Å²) in [6.07, 6.45) is 12.0. The van der Waals surface area contributed by atoms with Crippen LogP contribution in [0.5, 0.6) is 11.5 Å². The van der Waals surface area contributed by atoms with E-state index in [9.17, 15) is 4.79 Å². The lowest BCUT2D eigenvalue weighted by Crippen LogP contribution is -2.25. The molecule has 0 atom stereocenters. The Morgan fingerprint density at radius 1 is 1.27 bits per heavy atom. The van der Waals surface area contributed by atoms with Crippen LogP contribution in [-0.4, -0.2) is 30.9 Å². The maximum absolute atomic E-state index is 12.5. The molecule has 1 amide bonds. The van der Waals surface area contributed by atoms with Crippen LogP contribution in [0.1, 0.15) is 31.4 Å². The van der Waals surface area contributed by atoms with Gasteiger partial charge in [-0.2, -0.15) is 0 Å². The fourth-order valence-corrected chi connectivity index (χ4v) is 3.93. The van der Waals surface area contributed by atoms with Crippen LogP contribution in [0.2, 0.25) is 0 Å². The van der Waals surface area contributed by atoms with E-state index in [1.54, 1.807) is 25.1 Å². The number of hydrogen-bond acceptors (Lipinski definition) is 6. The number of nitrogens with zero attached hydrogens (tertiary/aromatic N) is 1. The zero-order valence-corrected chi connectivity index (χ0v) is 18.1. The highest BCUT2D eigenvalue weighted by Crippen LogP contribution is 2.35. The average Bonchev–Trinajstić information content (AvgIpc) is 3.50. The number of ether oxygens (including phenoxy) is 2. The van der Waals surface area contributed by atoms with Gasteiger partial charge < -0.3 is 19.2 Å². The quantitative estimate of drug-likeness (QED) is 0.625. The Hall–Kier alpha value is -2.67. The van der Waals surface area contributed by atoms with Gasteiger partial charge in [0.15, 0.2) is 11.5 Å². The fraction of sp³-hybridized carbons (Fsp3) is 0.391. The molecular weight excluding hydrogens is 400 g/mol. The van der Waals surface area contributed by atoms with Gasteiger partial charge in [-0.1, -0.05) is 12.2 Å². The third-order valence-electron chi connectivity index (χ3n) is 5.14. The van der Waals surface area contributed by atoms with Gasteiger partial charge in [0.25, 0.3) is 5.91 Å². The van der Waals surface area contributed by atoms with Crippen LogP contribution in [0.3, 0.4) is 0 Å². The molecule has 1 saturated carbocycles. The number of aromatic nitrogens is 1. The highest BCUT2D eigenvalue weighted by Gasteiger charge is 2.23. The Bertz CT molecular complexity index is 975. The van der Waals surface area contributed by atoms with Crippen molar-refractivity contribution in [3.63, 3.8) is 0 Å². The summed E-state index contributed by atoms with van der Waals surface area (Å²) in [5, 5.41) is 2.94. The summed E-state index contributed by atoms with van der Waals surface area (Å²) in [5.74, 6) is 2.43. The zero-order chi connectivity index (χ0) is 20.9. The number of carbonyl (C=O) groups excluding carboxylic acids is 1. The first-order valence-corrected chi connectivity index (χ1v) is 11.4. The fourth-order valence-electron chi connectivity index (χ4n) is 3.25. The standard InChI is InChI=1S/C23H26N2O4S/c1-27-19-10-9-16(11-20(19)28-13-15-7-8-15)23-25-17(14-29-23)12-24-22(26)18-5-3-4-6-21(18)30-2/h5-6,9-11,14-15H,3-4,7-8,12-13H2,1-2H3,(H,24,26). The molecule has 4 rings (SSSR count). The number of rotatable bonds is 9. The minimum Gasteiger partial charge on any atom is -0.493 e. The smallest absolute Gasteiger partial charge is 0.252 e. The Balaban J connectivity index is 1.41. The van der Waals surface area contributed by atoms with Crippen molar-refractivity contribution in [2.45, 2.75) is 32.2 Å². The van der Waals surface area contributed by atoms with E-state index in [1.807, 2.05) is 30.5 Å². The summed E-state index contributed by atoms with van der Waals surface area (Å²) >= 11 is 1.59. The molecule has 2 aliphatic rings. The molecule has 2 aromatic rings. The van der Waals surface area contributed by atoms with E-state index in [4.69, 9.17) is 13.9 Å². The van der Waals surface area contributed by atoms with Gasteiger partial charge in [-0.15, -0.1) is 11.8 Å². The molecule has 1 heterocycles. The maximum atomic E-state index is 12.5. The van der Waals surface area contributed by atoms with E-state index in [1.165, 1.54) is 12.8 Å². The van der Waals surface area contributed by atoms with E-state index < -0.39 is 0 Å². The number of carbonyl (C=O) groups is 1. The van der Waals surface area contributed by atoms with Crippen LogP contribution in [0, 0.1) is 5.92 Å². The van der Waals surface area contributed by atoms with Crippen LogP contribution in [0.15, 0.2) is 51.5 Å². The second-order valence-electron chi connectivity index (χ2n) is 7.41. The van der Waals surface area contributed by atoms with Crippen molar-refractivity contribution in [3.8, 4) is 23.0 Å². The molecule has 1 N–H and O–H groups in total. The normalized spacial score (nSPS) is 15.9. The molecule has 0 saturated heterocycles. The van der Waals surface area contributed by atoms with E-state index >= 15 is 0 Å². The summed E-state index contributed by atoms with van der Waals surface area (Å²) in [5.41, 5.74) is 2.22. The summed E-state index contributed by atoms with van der Waals surface area (Å²) < 4.78 is 17.0. The molecule has 0 unspecified atom stereocenters. The molecule has 1 fully saturated rings. The van der Waals surface area contributed by atoms with E-state index in [2.05, 4.69) is 16.4 Å². The van der Waals surface area contributed by atoms with Crippen molar-refractivity contribution >= 4 is 17.7 Å². The molecule has 6 nitrogen and oxygen atoms in total. The number of allylic oxidation sites excluding steroid dienone is 2. The number of oxazole rings is 1. The molecule has 2 aliphatic carbocycles. The zero-order valence-electron chi connectivity index (χ0n) is 17.3. The number of benzene rings is 1. The first-order valence-electron chi connectivity index (χ1n) is 10.2. The molecule has 1 aromatic carbocycles. The number of nitrogens with one attached hydrogen (secondary N) is 1. The van der Waals surface area contributed by atoms with Crippen LogP contribution < -0.4 is 14.8 Å². The first kappa shape index (κ1) is 20.6. The Kier molecular flexibility index (Phi) is 6.47. The Labute approximate surface area is 180 Å². The number of hydrogen-bond donors (Lipinski definition) is 1. The van der Waals surface area contributed by atoms with Crippen molar-refractivity contribution in [3.05, 3.63) is 52.8 Å². The van der Waals surface area contributed by atoms with Gasteiger partial charge >= 0.3 is 0 Å². The van der Waals surface area contributed by atoms with Gasteiger partial charge in [0.2, 0.25) is 5.89 Å².